The molecule has 0 saturated heterocycles. The van der Waals surface area contributed by atoms with Crippen molar-refractivity contribution in [3.8, 4) is 0 Å². The van der Waals surface area contributed by atoms with Gasteiger partial charge >= 0.3 is 0 Å². The van der Waals surface area contributed by atoms with Crippen LogP contribution < -0.4 is 10.6 Å². The summed E-state index contributed by atoms with van der Waals surface area (Å²) in [6.45, 7) is 0.415. The maximum atomic E-state index is 12.2. The van der Waals surface area contributed by atoms with Gasteiger partial charge in [0.2, 0.25) is 0 Å². The number of benzene rings is 1. The van der Waals surface area contributed by atoms with E-state index in [1.807, 2.05) is 30.3 Å². The minimum absolute atomic E-state index is 0.210. The monoisotopic (exact) mass is 281 g/mol. The summed E-state index contributed by atoms with van der Waals surface area (Å²) < 4.78 is 4.97. The van der Waals surface area contributed by atoms with E-state index in [0.29, 0.717) is 18.1 Å². The molecule has 1 amide bonds. The van der Waals surface area contributed by atoms with Crippen molar-refractivity contribution >= 4 is 22.5 Å². The Kier molecular flexibility index (Phi) is 3.55. The van der Waals surface area contributed by atoms with Crippen molar-refractivity contribution in [2.45, 2.75) is 6.54 Å². The van der Waals surface area contributed by atoms with E-state index in [1.165, 1.54) is 0 Å². The van der Waals surface area contributed by atoms with Gasteiger partial charge in [-0.2, -0.15) is 0 Å². The molecule has 1 aromatic carbocycles. The van der Waals surface area contributed by atoms with Crippen LogP contribution in [-0.2, 0) is 6.54 Å². The summed E-state index contributed by atoms with van der Waals surface area (Å²) in [4.78, 5) is 16.6. The number of anilines is 1. The first kappa shape index (κ1) is 13.2. The standard InChI is InChI=1S/C16H15N3O2/c1-17-15-13-5-3-2-4-12(13)8-14(19-15)16(20)18-9-11-6-7-21-10-11/h2-8,10H,9H2,1H3,(H,17,19)(H,18,20). The van der Waals surface area contributed by atoms with E-state index in [9.17, 15) is 4.79 Å². The molecule has 3 aromatic rings. The van der Waals surface area contributed by atoms with Gasteiger partial charge in [-0.3, -0.25) is 4.79 Å². The fraction of sp³-hybridized carbons (Fsp3) is 0.125. The first-order valence-electron chi connectivity index (χ1n) is 6.65. The molecule has 3 rings (SSSR count). The fourth-order valence-corrected chi connectivity index (χ4v) is 2.17. The molecule has 0 radical (unpaired) electrons. The van der Waals surface area contributed by atoms with Crippen molar-refractivity contribution in [1.82, 2.24) is 10.3 Å². The van der Waals surface area contributed by atoms with Gasteiger partial charge in [0, 0.05) is 24.5 Å². The highest BCUT2D eigenvalue weighted by atomic mass is 16.3. The van der Waals surface area contributed by atoms with Gasteiger partial charge in [-0.15, -0.1) is 0 Å². The summed E-state index contributed by atoms with van der Waals surface area (Å²) in [6, 6.07) is 11.4. The van der Waals surface area contributed by atoms with Crippen molar-refractivity contribution in [3.05, 3.63) is 60.2 Å². The van der Waals surface area contributed by atoms with Gasteiger partial charge in [-0.25, -0.2) is 4.98 Å². The fourth-order valence-electron chi connectivity index (χ4n) is 2.17. The lowest BCUT2D eigenvalue weighted by atomic mass is 10.1. The zero-order valence-corrected chi connectivity index (χ0v) is 11.6. The van der Waals surface area contributed by atoms with E-state index in [0.717, 1.165) is 16.3 Å². The Bertz CT molecular complexity index is 766. The molecule has 2 aromatic heterocycles. The Morgan fingerprint density at radius 2 is 2.14 bits per heavy atom. The number of rotatable bonds is 4. The summed E-state index contributed by atoms with van der Waals surface area (Å²) in [5.41, 5.74) is 1.31. The number of fused-ring (bicyclic) bond motifs is 1. The SMILES string of the molecule is CNc1nc(C(=O)NCc2ccoc2)cc2ccccc12. The van der Waals surface area contributed by atoms with Gasteiger partial charge in [-0.05, 0) is 17.5 Å². The zero-order valence-electron chi connectivity index (χ0n) is 11.6. The topological polar surface area (TPSA) is 67.2 Å². The second-order valence-corrected chi connectivity index (χ2v) is 4.64. The lowest BCUT2D eigenvalue weighted by Crippen LogP contribution is -2.23. The third-order valence-corrected chi connectivity index (χ3v) is 3.24. The van der Waals surface area contributed by atoms with E-state index in [2.05, 4.69) is 15.6 Å². The second-order valence-electron chi connectivity index (χ2n) is 4.64. The summed E-state index contributed by atoms with van der Waals surface area (Å²) in [5.74, 6) is 0.486. The summed E-state index contributed by atoms with van der Waals surface area (Å²) >= 11 is 0. The number of hydrogen-bond donors (Lipinski definition) is 2. The van der Waals surface area contributed by atoms with Crippen molar-refractivity contribution in [2.75, 3.05) is 12.4 Å². The number of carbonyl (C=O) groups excluding carboxylic acids is 1. The molecule has 106 valence electrons. The highest BCUT2D eigenvalue weighted by molar-refractivity contribution is 6.00. The van der Waals surface area contributed by atoms with E-state index in [4.69, 9.17) is 4.42 Å². The number of nitrogens with zero attached hydrogens (tertiary/aromatic N) is 1. The second kappa shape index (κ2) is 5.66. The maximum absolute atomic E-state index is 12.2. The Balaban J connectivity index is 1.87. The first-order valence-corrected chi connectivity index (χ1v) is 6.65. The van der Waals surface area contributed by atoms with Crippen molar-refractivity contribution < 1.29 is 9.21 Å². The van der Waals surface area contributed by atoms with Gasteiger partial charge in [0.15, 0.2) is 0 Å². The van der Waals surface area contributed by atoms with Crippen LogP contribution >= 0.6 is 0 Å². The number of amides is 1. The molecule has 0 aliphatic heterocycles. The number of hydrogen-bond acceptors (Lipinski definition) is 4. The van der Waals surface area contributed by atoms with Crippen LogP contribution in [0.3, 0.4) is 0 Å². The lowest BCUT2D eigenvalue weighted by Gasteiger charge is -2.09. The summed E-state index contributed by atoms with van der Waals surface area (Å²) in [7, 11) is 1.79. The van der Waals surface area contributed by atoms with Gasteiger partial charge in [0.1, 0.15) is 11.5 Å². The van der Waals surface area contributed by atoms with E-state index in [-0.39, 0.29) is 5.91 Å². The third kappa shape index (κ3) is 2.72. The van der Waals surface area contributed by atoms with E-state index < -0.39 is 0 Å². The van der Waals surface area contributed by atoms with Crippen molar-refractivity contribution in [3.63, 3.8) is 0 Å². The Morgan fingerprint density at radius 1 is 1.29 bits per heavy atom. The van der Waals surface area contributed by atoms with Crippen LogP contribution in [0, 0.1) is 0 Å². The van der Waals surface area contributed by atoms with Gasteiger partial charge in [0.25, 0.3) is 5.91 Å². The van der Waals surface area contributed by atoms with E-state index in [1.54, 1.807) is 25.6 Å². The van der Waals surface area contributed by atoms with Crippen LogP contribution in [0.2, 0.25) is 0 Å². The number of carbonyl (C=O) groups is 1. The van der Waals surface area contributed by atoms with Crippen LogP contribution in [0.5, 0.6) is 0 Å². The Labute approximate surface area is 122 Å². The molecule has 0 atom stereocenters. The number of aromatic nitrogens is 1. The van der Waals surface area contributed by atoms with Crippen LogP contribution in [0.25, 0.3) is 10.8 Å². The average molecular weight is 281 g/mol. The molecule has 21 heavy (non-hydrogen) atoms. The van der Waals surface area contributed by atoms with Crippen LogP contribution in [0.15, 0.2) is 53.3 Å². The molecule has 0 fully saturated rings. The highest BCUT2D eigenvalue weighted by Gasteiger charge is 2.11. The lowest BCUT2D eigenvalue weighted by molar-refractivity contribution is 0.0946. The molecule has 2 N–H and O–H groups in total. The third-order valence-electron chi connectivity index (χ3n) is 3.24. The maximum Gasteiger partial charge on any atom is 0.270 e. The van der Waals surface area contributed by atoms with Crippen LogP contribution in [0.4, 0.5) is 5.82 Å². The average Bonchev–Trinajstić information content (AvgIpc) is 3.04. The number of pyridine rings is 1. The Morgan fingerprint density at radius 3 is 2.90 bits per heavy atom. The Hall–Kier alpha value is -2.82. The van der Waals surface area contributed by atoms with Gasteiger partial charge in [-0.1, -0.05) is 24.3 Å². The molecular weight excluding hydrogens is 266 g/mol. The molecular formula is C16H15N3O2. The number of furan rings is 1. The molecule has 5 heteroatoms. The predicted molar refractivity (Wildman–Crippen MR) is 81.2 cm³/mol. The molecule has 5 nitrogen and oxygen atoms in total. The van der Waals surface area contributed by atoms with Crippen LogP contribution in [0.1, 0.15) is 16.1 Å². The summed E-state index contributed by atoms with van der Waals surface area (Å²) in [6.07, 6.45) is 3.18. The first-order chi connectivity index (χ1) is 10.3. The number of nitrogens with one attached hydrogen (secondary N) is 2. The molecule has 0 aliphatic carbocycles. The van der Waals surface area contributed by atoms with Gasteiger partial charge in [0.05, 0.1) is 12.5 Å². The van der Waals surface area contributed by atoms with Crippen molar-refractivity contribution in [2.24, 2.45) is 0 Å². The quantitative estimate of drug-likeness (QED) is 0.771. The zero-order chi connectivity index (χ0) is 14.7. The molecule has 0 unspecified atom stereocenters. The normalized spacial score (nSPS) is 10.5. The molecule has 0 bridgehead atoms. The predicted octanol–water partition coefficient (Wildman–Crippen LogP) is 2.80. The van der Waals surface area contributed by atoms with Crippen molar-refractivity contribution in [1.29, 1.82) is 0 Å². The molecule has 0 aliphatic rings. The summed E-state index contributed by atoms with van der Waals surface area (Å²) in [5, 5.41) is 7.83. The molecule has 0 spiro atoms. The minimum atomic E-state index is -0.210. The highest BCUT2D eigenvalue weighted by Crippen LogP contribution is 2.22. The minimum Gasteiger partial charge on any atom is -0.472 e. The molecule has 2 heterocycles. The smallest absolute Gasteiger partial charge is 0.270 e. The van der Waals surface area contributed by atoms with Gasteiger partial charge < -0.3 is 15.1 Å². The largest absolute Gasteiger partial charge is 0.472 e. The van der Waals surface area contributed by atoms with Crippen LogP contribution in [-0.4, -0.2) is 17.9 Å². The van der Waals surface area contributed by atoms with E-state index >= 15 is 0 Å². The molecule has 0 saturated carbocycles.